The molecular formula is C19H22Cl3N7O2S. The van der Waals surface area contributed by atoms with Crippen LogP contribution >= 0.6 is 48.2 Å². The third-order valence-electron chi connectivity index (χ3n) is 4.73. The molecule has 32 heavy (non-hydrogen) atoms. The minimum absolute atomic E-state index is 0. The molecule has 0 fully saturated rings. The summed E-state index contributed by atoms with van der Waals surface area (Å²) in [5.74, 6) is 1.31. The normalized spacial score (nSPS) is 12.3. The SMILES string of the molecule is CNC(=O)CC1=Cc2nn(Cc3ncc(C)c(OC)c3Cl)c3nc(N)nc(c23)SC1.Cl.Cl. The van der Waals surface area contributed by atoms with Crippen LogP contribution < -0.4 is 15.8 Å². The van der Waals surface area contributed by atoms with Crippen molar-refractivity contribution in [1.82, 2.24) is 30.0 Å². The van der Waals surface area contributed by atoms with Crippen molar-refractivity contribution in [1.29, 1.82) is 0 Å². The Kier molecular flexibility index (Phi) is 8.58. The fraction of sp³-hybridized carbons (Fsp3) is 0.316. The molecule has 0 atom stereocenters. The lowest BCUT2D eigenvalue weighted by Crippen LogP contribution is -2.18. The molecule has 1 aliphatic heterocycles. The van der Waals surface area contributed by atoms with Gasteiger partial charge in [0.2, 0.25) is 11.9 Å². The number of nitrogens with two attached hydrogens (primary N) is 1. The summed E-state index contributed by atoms with van der Waals surface area (Å²) in [7, 11) is 3.19. The van der Waals surface area contributed by atoms with Gasteiger partial charge in [0, 0.05) is 31.0 Å². The molecule has 3 aromatic heterocycles. The highest BCUT2D eigenvalue weighted by atomic mass is 35.5. The molecule has 4 heterocycles. The molecule has 4 rings (SSSR count). The second kappa shape index (κ2) is 10.6. The number of nitrogen functional groups attached to an aromatic ring is 1. The molecule has 3 N–H and O–H groups in total. The second-order valence-electron chi connectivity index (χ2n) is 6.80. The predicted octanol–water partition coefficient (Wildman–Crippen LogP) is 3.29. The minimum atomic E-state index is -0.0585. The molecule has 0 bridgehead atoms. The number of halogens is 3. The monoisotopic (exact) mass is 517 g/mol. The van der Waals surface area contributed by atoms with Crippen LogP contribution in [0.1, 0.15) is 23.4 Å². The molecule has 0 unspecified atom stereocenters. The third-order valence-corrected chi connectivity index (χ3v) is 6.21. The van der Waals surface area contributed by atoms with E-state index >= 15 is 0 Å². The maximum Gasteiger partial charge on any atom is 0.223 e. The van der Waals surface area contributed by atoms with Crippen LogP contribution in [0.4, 0.5) is 5.95 Å². The first-order valence-corrected chi connectivity index (χ1v) is 10.5. The topological polar surface area (TPSA) is 121 Å². The highest BCUT2D eigenvalue weighted by molar-refractivity contribution is 7.99. The van der Waals surface area contributed by atoms with Crippen LogP contribution in [-0.2, 0) is 11.3 Å². The molecule has 0 saturated heterocycles. The van der Waals surface area contributed by atoms with Gasteiger partial charge in [0.25, 0.3) is 0 Å². The summed E-state index contributed by atoms with van der Waals surface area (Å²) in [6, 6.07) is 0. The summed E-state index contributed by atoms with van der Waals surface area (Å²) < 4.78 is 7.10. The van der Waals surface area contributed by atoms with Crippen LogP contribution in [0.25, 0.3) is 17.1 Å². The number of nitrogens with zero attached hydrogens (tertiary/aromatic N) is 5. The van der Waals surface area contributed by atoms with E-state index in [0.29, 0.717) is 33.6 Å². The number of methoxy groups -OCH3 is 1. The van der Waals surface area contributed by atoms with Gasteiger partial charge in [-0.25, -0.2) is 9.67 Å². The zero-order valence-corrected chi connectivity index (χ0v) is 20.7. The van der Waals surface area contributed by atoms with E-state index in [2.05, 4.69) is 20.3 Å². The number of rotatable bonds is 5. The van der Waals surface area contributed by atoms with Crippen LogP contribution in [0.3, 0.4) is 0 Å². The van der Waals surface area contributed by atoms with E-state index < -0.39 is 0 Å². The van der Waals surface area contributed by atoms with Crippen LogP contribution in [0.5, 0.6) is 5.75 Å². The first-order valence-electron chi connectivity index (χ1n) is 9.16. The van der Waals surface area contributed by atoms with Gasteiger partial charge in [0.1, 0.15) is 15.8 Å². The van der Waals surface area contributed by atoms with Gasteiger partial charge in [-0.3, -0.25) is 9.78 Å². The fourth-order valence-corrected chi connectivity index (χ4v) is 4.63. The molecule has 9 nitrogen and oxygen atoms in total. The Labute approximate surface area is 206 Å². The van der Waals surface area contributed by atoms with Crippen molar-refractivity contribution in [2.75, 3.05) is 25.6 Å². The lowest BCUT2D eigenvalue weighted by molar-refractivity contribution is -0.119. The Hall–Kier alpha value is -2.27. The van der Waals surface area contributed by atoms with E-state index in [4.69, 9.17) is 27.2 Å². The molecule has 1 amide bonds. The first-order chi connectivity index (χ1) is 14.4. The van der Waals surface area contributed by atoms with Gasteiger partial charge in [-0.2, -0.15) is 10.1 Å². The number of thioether (sulfide) groups is 1. The van der Waals surface area contributed by atoms with Gasteiger partial charge >= 0.3 is 0 Å². The second-order valence-corrected chi connectivity index (χ2v) is 8.15. The minimum Gasteiger partial charge on any atom is -0.495 e. The number of aromatic nitrogens is 5. The molecule has 0 aromatic carbocycles. The molecule has 172 valence electrons. The van der Waals surface area contributed by atoms with Crippen molar-refractivity contribution in [3.63, 3.8) is 0 Å². The van der Waals surface area contributed by atoms with Gasteiger partial charge in [-0.05, 0) is 18.6 Å². The summed E-state index contributed by atoms with van der Waals surface area (Å²) >= 11 is 8.02. The summed E-state index contributed by atoms with van der Waals surface area (Å²) in [5.41, 5.74) is 9.64. The van der Waals surface area contributed by atoms with E-state index in [1.807, 2.05) is 13.0 Å². The maximum atomic E-state index is 11.9. The number of carbonyl (C=O) groups is 1. The highest BCUT2D eigenvalue weighted by Crippen LogP contribution is 2.36. The Morgan fingerprint density at radius 2 is 2.12 bits per heavy atom. The molecular weight excluding hydrogens is 497 g/mol. The largest absolute Gasteiger partial charge is 0.495 e. The number of hydrogen-bond acceptors (Lipinski definition) is 8. The van der Waals surface area contributed by atoms with Crippen molar-refractivity contribution in [3.8, 4) is 5.75 Å². The number of amides is 1. The van der Waals surface area contributed by atoms with Gasteiger partial charge < -0.3 is 15.8 Å². The number of carbonyl (C=O) groups excluding carboxylic acids is 1. The van der Waals surface area contributed by atoms with E-state index in [0.717, 1.165) is 21.5 Å². The molecule has 0 spiro atoms. The van der Waals surface area contributed by atoms with E-state index in [1.54, 1.807) is 25.0 Å². The lowest BCUT2D eigenvalue weighted by atomic mass is 10.1. The first kappa shape index (κ1) is 26.0. The zero-order valence-electron chi connectivity index (χ0n) is 17.5. The van der Waals surface area contributed by atoms with Gasteiger partial charge in [-0.1, -0.05) is 11.6 Å². The van der Waals surface area contributed by atoms with Gasteiger partial charge in [0.05, 0.1) is 30.4 Å². The van der Waals surface area contributed by atoms with E-state index in [9.17, 15) is 4.79 Å². The van der Waals surface area contributed by atoms with Crippen molar-refractivity contribution in [3.05, 3.63) is 33.7 Å². The average molecular weight is 519 g/mol. The van der Waals surface area contributed by atoms with Crippen LogP contribution in [0, 0.1) is 6.92 Å². The Balaban J connectivity index is 0.00000181. The van der Waals surface area contributed by atoms with Crippen LogP contribution in [0.15, 0.2) is 16.8 Å². The summed E-state index contributed by atoms with van der Waals surface area (Å²) in [6.07, 6.45) is 3.92. The Morgan fingerprint density at radius 3 is 2.81 bits per heavy atom. The van der Waals surface area contributed by atoms with Crippen LogP contribution in [-0.4, -0.2) is 50.5 Å². The maximum absolute atomic E-state index is 11.9. The number of ether oxygens (including phenoxy) is 1. The smallest absolute Gasteiger partial charge is 0.223 e. The van der Waals surface area contributed by atoms with Crippen molar-refractivity contribution in [2.45, 2.75) is 24.9 Å². The Bertz CT molecular complexity index is 1200. The lowest BCUT2D eigenvalue weighted by Gasteiger charge is -2.11. The van der Waals surface area contributed by atoms with Crippen molar-refractivity contribution in [2.24, 2.45) is 0 Å². The molecule has 1 aliphatic rings. The Morgan fingerprint density at radius 1 is 1.38 bits per heavy atom. The third kappa shape index (κ3) is 4.88. The molecule has 0 aliphatic carbocycles. The molecule has 0 saturated carbocycles. The average Bonchev–Trinajstić information content (AvgIpc) is 2.95. The van der Waals surface area contributed by atoms with E-state index in [-0.39, 0.29) is 49.6 Å². The van der Waals surface area contributed by atoms with Gasteiger partial charge in [0.15, 0.2) is 5.65 Å². The summed E-state index contributed by atoms with van der Waals surface area (Å²) in [4.78, 5) is 25.1. The fourth-order valence-electron chi connectivity index (χ4n) is 3.29. The summed E-state index contributed by atoms with van der Waals surface area (Å²) in [6.45, 7) is 2.16. The zero-order chi connectivity index (χ0) is 21.4. The van der Waals surface area contributed by atoms with Crippen molar-refractivity contribution < 1.29 is 9.53 Å². The number of pyridine rings is 1. The highest BCUT2D eigenvalue weighted by Gasteiger charge is 2.23. The number of aryl methyl sites for hydroxylation is 1. The standard InChI is InChI=1S/C19H20ClN7O2S.2ClH/c1-9-6-23-12(15(20)16(9)29-3)7-27-17-14-11(26-27)4-10(5-13(28)22-2)8-30-18(14)25-19(21)24-17;;/h4,6H,5,7-8H2,1-3H3,(H,22,28)(H2,21,24,25);2*1H. The predicted molar refractivity (Wildman–Crippen MR) is 131 cm³/mol. The molecule has 3 aromatic rings. The van der Waals surface area contributed by atoms with Crippen molar-refractivity contribution >= 4 is 77.1 Å². The number of nitrogens with one attached hydrogen (secondary N) is 1. The number of anilines is 1. The van der Waals surface area contributed by atoms with Crippen LogP contribution in [0.2, 0.25) is 5.02 Å². The number of hydrogen-bond donors (Lipinski definition) is 2. The quantitative estimate of drug-likeness (QED) is 0.494. The molecule has 13 heteroatoms. The molecule has 0 radical (unpaired) electrons. The summed E-state index contributed by atoms with van der Waals surface area (Å²) in [5, 5.41) is 9.34. The van der Waals surface area contributed by atoms with Gasteiger partial charge in [-0.15, -0.1) is 36.6 Å². The van der Waals surface area contributed by atoms with E-state index in [1.165, 1.54) is 11.8 Å².